The number of fused-ring (bicyclic) bond motifs is 1. The molecule has 0 saturated carbocycles. The van der Waals surface area contributed by atoms with Gasteiger partial charge in [0.25, 0.3) is 0 Å². The summed E-state index contributed by atoms with van der Waals surface area (Å²) >= 11 is 9.55. The number of nitrogens with two attached hydrogens (primary N) is 1. The second-order valence-electron chi connectivity index (χ2n) is 3.78. The van der Waals surface area contributed by atoms with E-state index in [4.69, 9.17) is 17.3 Å². The number of halogens is 1. The molecule has 3 aromatic heterocycles. The van der Waals surface area contributed by atoms with Crippen LogP contribution in [0.4, 0.5) is 0 Å². The molecule has 1 atom stereocenters. The Balaban J connectivity index is 2.07. The van der Waals surface area contributed by atoms with Crippen molar-refractivity contribution in [3.8, 4) is 0 Å². The molecule has 0 aromatic carbocycles. The predicted octanol–water partition coefficient (Wildman–Crippen LogP) is 3.40. The molecule has 0 radical (unpaired) electrons. The number of rotatable bonds is 2. The molecule has 0 amide bonds. The van der Waals surface area contributed by atoms with Crippen molar-refractivity contribution in [1.29, 1.82) is 0 Å². The number of nitrogens with zero attached hydrogens (tertiary/aromatic N) is 2. The minimum atomic E-state index is -0.209. The fraction of sp³-hybridized carbons (Fsp3) is 0.182. The van der Waals surface area contributed by atoms with Crippen molar-refractivity contribution < 1.29 is 0 Å². The molecule has 0 aliphatic heterocycles. The van der Waals surface area contributed by atoms with Crippen molar-refractivity contribution in [2.75, 3.05) is 0 Å². The van der Waals surface area contributed by atoms with Gasteiger partial charge in [-0.2, -0.15) is 5.10 Å². The number of hydrogen-bond acceptors (Lipinski definition) is 4. The van der Waals surface area contributed by atoms with E-state index >= 15 is 0 Å². The Morgan fingerprint density at radius 1 is 1.47 bits per heavy atom. The lowest BCUT2D eigenvalue weighted by Crippen LogP contribution is -2.15. The average molecular weight is 284 g/mol. The Labute approximate surface area is 111 Å². The van der Waals surface area contributed by atoms with E-state index in [1.807, 2.05) is 7.05 Å². The maximum Gasteiger partial charge on any atom is 0.0837 e. The Kier molecular flexibility index (Phi) is 2.71. The molecule has 0 fully saturated rings. The summed E-state index contributed by atoms with van der Waals surface area (Å²) in [5.74, 6) is 0. The lowest BCUT2D eigenvalue weighted by atomic mass is 10.2. The van der Waals surface area contributed by atoms with Gasteiger partial charge in [0, 0.05) is 21.3 Å². The minimum absolute atomic E-state index is 0.209. The molecule has 3 nitrogen and oxygen atoms in total. The Morgan fingerprint density at radius 2 is 2.29 bits per heavy atom. The van der Waals surface area contributed by atoms with Crippen LogP contribution < -0.4 is 5.73 Å². The maximum absolute atomic E-state index is 6.26. The van der Waals surface area contributed by atoms with Crippen molar-refractivity contribution in [2.24, 2.45) is 12.8 Å². The maximum atomic E-state index is 6.26. The summed E-state index contributed by atoms with van der Waals surface area (Å²) in [6.07, 6.45) is 1.63. The number of hydrogen-bond donors (Lipinski definition) is 1. The van der Waals surface area contributed by atoms with Crippen LogP contribution >= 0.6 is 34.3 Å². The molecule has 2 N–H and O–H groups in total. The van der Waals surface area contributed by atoms with Crippen LogP contribution in [0, 0.1) is 0 Å². The summed E-state index contributed by atoms with van der Waals surface area (Å²) in [5, 5.41) is 6.83. The van der Waals surface area contributed by atoms with Crippen LogP contribution in [-0.2, 0) is 7.05 Å². The van der Waals surface area contributed by atoms with Crippen molar-refractivity contribution >= 4 is 43.7 Å². The van der Waals surface area contributed by atoms with E-state index in [0.717, 1.165) is 10.6 Å². The first-order valence-corrected chi connectivity index (χ1v) is 7.14. The smallest absolute Gasteiger partial charge is 0.0837 e. The van der Waals surface area contributed by atoms with Gasteiger partial charge < -0.3 is 5.73 Å². The van der Waals surface area contributed by atoms with Crippen LogP contribution in [0.3, 0.4) is 0 Å². The van der Waals surface area contributed by atoms with Crippen molar-refractivity contribution in [1.82, 2.24) is 9.78 Å². The van der Waals surface area contributed by atoms with E-state index in [0.29, 0.717) is 5.02 Å². The predicted molar refractivity (Wildman–Crippen MR) is 74.0 cm³/mol. The highest BCUT2D eigenvalue weighted by Gasteiger charge is 2.19. The summed E-state index contributed by atoms with van der Waals surface area (Å²) in [5.41, 5.74) is 7.12. The highest BCUT2D eigenvalue weighted by molar-refractivity contribution is 7.27. The van der Waals surface area contributed by atoms with Crippen molar-refractivity contribution in [3.63, 3.8) is 0 Å². The molecule has 3 aromatic rings. The van der Waals surface area contributed by atoms with E-state index in [2.05, 4.69) is 22.6 Å². The van der Waals surface area contributed by atoms with Gasteiger partial charge in [0.2, 0.25) is 0 Å². The first-order chi connectivity index (χ1) is 8.16. The lowest BCUT2D eigenvalue weighted by molar-refractivity contribution is 0.678. The third-order valence-corrected chi connectivity index (χ3v) is 5.16. The molecule has 1 unspecified atom stereocenters. The molecule has 88 valence electrons. The van der Waals surface area contributed by atoms with Gasteiger partial charge in [-0.25, -0.2) is 0 Å². The molecule has 3 heterocycles. The van der Waals surface area contributed by atoms with Crippen LogP contribution in [-0.4, -0.2) is 9.78 Å². The Bertz CT molecular complexity index is 619. The zero-order valence-corrected chi connectivity index (χ0v) is 11.4. The van der Waals surface area contributed by atoms with Gasteiger partial charge in [0.05, 0.1) is 23.0 Å². The van der Waals surface area contributed by atoms with Gasteiger partial charge in [0.15, 0.2) is 0 Å². The molecule has 0 bridgehead atoms. The van der Waals surface area contributed by atoms with E-state index in [-0.39, 0.29) is 6.04 Å². The van der Waals surface area contributed by atoms with Gasteiger partial charge in [-0.05, 0) is 17.5 Å². The van der Waals surface area contributed by atoms with Crippen LogP contribution in [0.5, 0.6) is 0 Å². The Morgan fingerprint density at radius 3 is 2.94 bits per heavy atom. The van der Waals surface area contributed by atoms with Gasteiger partial charge in [-0.3, -0.25) is 4.68 Å². The summed E-state index contributed by atoms with van der Waals surface area (Å²) in [6, 6.07) is 4.05. The van der Waals surface area contributed by atoms with Gasteiger partial charge in [0.1, 0.15) is 0 Å². The molecule has 17 heavy (non-hydrogen) atoms. The first-order valence-electron chi connectivity index (χ1n) is 5.06. The summed E-state index contributed by atoms with van der Waals surface area (Å²) in [4.78, 5) is 1.12. The molecular formula is C11H10ClN3S2. The standard InChI is InChI=1S/C11H10ClN3S2/c1-15-11(6(12)5-14-15)10(13)9-4-8-7(17-9)2-3-16-8/h2-5,10H,13H2,1H3. The Hall–Kier alpha value is -0.880. The third-order valence-electron chi connectivity index (χ3n) is 2.70. The fourth-order valence-corrected chi connectivity index (χ4v) is 4.25. The first kappa shape index (κ1) is 11.2. The van der Waals surface area contributed by atoms with Crippen LogP contribution in [0.1, 0.15) is 16.6 Å². The number of thiophene rings is 2. The lowest BCUT2D eigenvalue weighted by Gasteiger charge is -2.10. The molecule has 0 spiro atoms. The van der Waals surface area contributed by atoms with Crippen LogP contribution in [0.2, 0.25) is 5.02 Å². The van der Waals surface area contributed by atoms with Gasteiger partial charge in [-0.15, -0.1) is 22.7 Å². The van der Waals surface area contributed by atoms with E-state index < -0.39 is 0 Å². The molecule has 3 rings (SSSR count). The summed E-state index contributed by atoms with van der Waals surface area (Å²) in [6.45, 7) is 0. The summed E-state index contributed by atoms with van der Waals surface area (Å²) < 4.78 is 4.29. The van der Waals surface area contributed by atoms with Crippen molar-refractivity contribution in [3.05, 3.63) is 39.3 Å². The average Bonchev–Trinajstić information content (AvgIpc) is 2.92. The second kappa shape index (κ2) is 4.10. The van der Waals surface area contributed by atoms with E-state index in [1.165, 1.54) is 9.40 Å². The van der Waals surface area contributed by atoms with Crippen LogP contribution in [0.15, 0.2) is 23.7 Å². The zero-order chi connectivity index (χ0) is 12.0. The zero-order valence-electron chi connectivity index (χ0n) is 9.05. The molecule has 0 aliphatic carbocycles. The second-order valence-corrected chi connectivity index (χ2v) is 6.25. The monoisotopic (exact) mass is 283 g/mol. The SMILES string of the molecule is Cn1ncc(Cl)c1C(N)c1cc2sccc2s1. The molecule has 0 aliphatic rings. The van der Waals surface area contributed by atoms with E-state index in [9.17, 15) is 0 Å². The molecule has 6 heteroatoms. The highest BCUT2D eigenvalue weighted by Crippen LogP contribution is 2.36. The fourth-order valence-electron chi connectivity index (χ4n) is 1.84. The number of aryl methyl sites for hydroxylation is 1. The minimum Gasteiger partial charge on any atom is -0.318 e. The topological polar surface area (TPSA) is 43.8 Å². The normalized spacial score (nSPS) is 13.4. The van der Waals surface area contributed by atoms with Gasteiger partial charge >= 0.3 is 0 Å². The largest absolute Gasteiger partial charge is 0.318 e. The quantitative estimate of drug-likeness (QED) is 0.783. The molecule has 0 saturated heterocycles. The summed E-state index contributed by atoms with van der Waals surface area (Å²) in [7, 11) is 1.86. The highest BCUT2D eigenvalue weighted by atomic mass is 35.5. The van der Waals surface area contributed by atoms with Crippen molar-refractivity contribution in [2.45, 2.75) is 6.04 Å². The third kappa shape index (κ3) is 1.79. The van der Waals surface area contributed by atoms with Gasteiger partial charge in [-0.1, -0.05) is 11.6 Å². The number of aromatic nitrogens is 2. The van der Waals surface area contributed by atoms with Crippen LogP contribution in [0.25, 0.3) is 9.40 Å². The molecular weight excluding hydrogens is 274 g/mol. The van der Waals surface area contributed by atoms with E-state index in [1.54, 1.807) is 33.6 Å².